The van der Waals surface area contributed by atoms with Crippen LogP contribution < -0.4 is 0 Å². The predicted molar refractivity (Wildman–Crippen MR) is 42.6 cm³/mol. The number of rotatable bonds is 7. The lowest BCUT2D eigenvalue weighted by molar-refractivity contribution is -0.117. The van der Waals surface area contributed by atoms with Crippen LogP contribution in [-0.2, 0) is 14.3 Å². The molecule has 0 aliphatic carbocycles. The summed E-state index contributed by atoms with van der Waals surface area (Å²) in [5, 5.41) is 0. The minimum atomic E-state index is -0.281. The van der Waals surface area contributed by atoms with Gasteiger partial charge >= 0.3 is 0 Å². The van der Waals surface area contributed by atoms with Crippen LogP contribution in [0.25, 0.3) is 0 Å². The van der Waals surface area contributed by atoms with Crippen LogP contribution in [0.15, 0.2) is 0 Å². The molecule has 0 aromatic rings. The maximum Gasteiger partial charge on any atom is 0.148 e. The van der Waals surface area contributed by atoms with Gasteiger partial charge < -0.3 is 14.3 Å². The minimum Gasteiger partial charge on any atom is -0.382 e. The van der Waals surface area contributed by atoms with Gasteiger partial charge in [0, 0.05) is 19.8 Å². The Labute approximate surface area is 67.7 Å². The first-order chi connectivity index (χ1) is 5.31. The van der Waals surface area contributed by atoms with E-state index in [1.807, 2.05) is 6.92 Å². The molecule has 0 N–H and O–H groups in total. The standard InChI is InChI=1S/C8H16O3/c1-3-10-5-4-6-11-8(2)7-9/h7-8H,3-6H2,1-2H3. The highest BCUT2D eigenvalue weighted by atomic mass is 16.5. The third-order valence-corrected chi connectivity index (χ3v) is 1.21. The average molecular weight is 160 g/mol. The molecule has 11 heavy (non-hydrogen) atoms. The summed E-state index contributed by atoms with van der Waals surface area (Å²) in [4.78, 5) is 10.1. The summed E-state index contributed by atoms with van der Waals surface area (Å²) in [5.41, 5.74) is 0. The molecule has 0 aromatic heterocycles. The third-order valence-electron chi connectivity index (χ3n) is 1.21. The highest BCUT2D eigenvalue weighted by molar-refractivity contribution is 5.54. The lowest BCUT2D eigenvalue weighted by Gasteiger charge is -2.05. The van der Waals surface area contributed by atoms with Gasteiger partial charge in [-0.1, -0.05) is 0 Å². The maximum atomic E-state index is 10.1. The summed E-state index contributed by atoms with van der Waals surface area (Å²) in [6.45, 7) is 5.73. The number of aldehydes is 1. The Kier molecular flexibility index (Phi) is 7.41. The zero-order valence-corrected chi connectivity index (χ0v) is 7.21. The molecule has 3 nitrogen and oxygen atoms in total. The SMILES string of the molecule is CCOCCCOC(C)C=O. The smallest absolute Gasteiger partial charge is 0.148 e. The molecule has 0 aliphatic heterocycles. The molecule has 0 aromatic carbocycles. The first kappa shape index (κ1) is 10.6. The summed E-state index contributed by atoms with van der Waals surface area (Å²) in [6, 6.07) is 0. The van der Waals surface area contributed by atoms with Crippen molar-refractivity contribution >= 4 is 6.29 Å². The van der Waals surface area contributed by atoms with Crippen LogP contribution in [0.3, 0.4) is 0 Å². The first-order valence-electron chi connectivity index (χ1n) is 3.96. The zero-order valence-electron chi connectivity index (χ0n) is 7.21. The second-order valence-electron chi connectivity index (χ2n) is 2.26. The number of hydrogen-bond donors (Lipinski definition) is 0. The van der Waals surface area contributed by atoms with Crippen molar-refractivity contribution in [2.24, 2.45) is 0 Å². The molecular weight excluding hydrogens is 144 g/mol. The molecule has 1 atom stereocenters. The van der Waals surface area contributed by atoms with Crippen LogP contribution in [-0.4, -0.2) is 32.2 Å². The van der Waals surface area contributed by atoms with Gasteiger partial charge in [-0.05, 0) is 20.3 Å². The molecule has 0 spiro atoms. The fraction of sp³-hybridized carbons (Fsp3) is 0.875. The summed E-state index contributed by atoms with van der Waals surface area (Å²) in [6.07, 6.45) is 1.36. The molecule has 0 aliphatic rings. The Morgan fingerprint density at radius 1 is 1.45 bits per heavy atom. The van der Waals surface area contributed by atoms with E-state index in [9.17, 15) is 4.79 Å². The van der Waals surface area contributed by atoms with Crippen LogP contribution in [0.5, 0.6) is 0 Å². The first-order valence-corrected chi connectivity index (χ1v) is 3.96. The average Bonchev–Trinajstić information content (AvgIpc) is 2.04. The highest BCUT2D eigenvalue weighted by Crippen LogP contribution is 1.89. The van der Waals surface area contributed by atoms with E-state index in [0.29, 0.717) is 13.2 Å². The van der Waals surface area contributed by atoms with Crippen molar-refractivity contribution in [3.8, 4) is 0 Å². The van der Waals surface area contributed by atoms with Crippen molar-refractivity contribution in [3.63, 3.8) is 0 Å². The van der Waals surface area contributed by atoms with Gasteiger partial charge in [-0.3, -0.25) is 0 Å². The molecule has 0 rings (SSSR count). The summed E-state index contributed by atoms with van der Waals surface area (Å²) in [5.74, 6) is 0. The van der Waals surface area contributed by atoms with Crippen LogP contribution in [0.1, 0.15) is 20.3 Å². The Balaban J connectivity index is 2.95. The third kappa shape index (κ3) is 7.49. The molecule has 1 unspecified atom stereocenters. The molecule has 0 saturated heterocycles. The zero-order chi connectivity index (χ0) is 8.53. The van der Waals surface area contributed by atoms with E-state index in [4.69, 9.17) is 9.47 Å². The van der Waals surface area contributed by atoms with Crippen molar-refractivity contribution in [3.05, 3.63) is 0 Å². The molecule has 0 heterocycles. The summed E-state index contributed by atoms with van der Waals surface area (Å²) >= 11 is 0. The second-order valence-corrected chi connectivity index (χ2v) is 2.26. The van der Waals surface area contributed by atoms with E-state index < -0.39 is 0 Å². The number of hydrogen-bond acceptors (Lipinski definition) is 3. The molecular formula is C8H16O3. The molecule has 0 amide bonds. The Bertz CT molecular complexity index is 93.3. The number of carbonyl (C=O) groups excluding carboxylic acids is 1. The minimum absolute atomic E-state index is 0.281. The molecule has 0 bridgehead atoms. The van der Waals surface area contributed by atoms with Gasteiger partial charge in [0.1, 0.15) is 12.4 Å². The monoisotopic (exact) mass is 160 g/mol. The van der Waals surface area contributed by atoms with E-state index in [2.05, 4.69) is 0 Å². The van der Waals surface area contributed by atoms with Gasteiger partial charge in [-0.15, -0.1) is 0 Å². The van der Waals surface area contributed by atoms with Crippen molar-refractivity contribution in [2.45, 2.75) is 26.4 Å². The van der Waals surface area contributed by atoms with Gasteiger partial charge in [-0.2, -0.15) is 0 Å². The van der Waals surface area contributed by atoms with Gasteiger partial charge in [0.25, 0.3) is 0 Å². The van der Waals surface area contributed by atoms with Crippen LogP contribution >= 0.6 is 0 Å². The summed E-state index contributed by atoms with van der Waals surface area (Å²) in [7, 11) is 0. The van der Waals surface area contributed by atoms with E-state index in [1.54, 1.807) is 6.92 Å². The molecule has 0 saturated carbocycles. The fourth-order valence-electron chi connectivity index (χ4n) is 0.614. The quantitative estimate of drug-likeness (QED) is 0.412. The molecule has 0 radical (unpaired) electrons. The lowest BCUT2D eigenvalue weighted by atomic mass is 10.4. The van der Waals surface area contributed by atoms with Crippen LogP contribution in [0.2, 0.25) is 0 Å². The predicted octanol–water partition coefficient (Wildman–Crippen LogP) is 1.02. The van der Waals surface area contributed by atoms with Crippen LogP contribution in [0, 0.1) is 0 Å². The van der Waals surface area contributed by atoms with Crippen molar-refractivity contribution in [2.75, 3.05) is 19.8 Å². The van der Waals surface area contributed by atoms with E-state index in [0.717, 1.165) is 19.3 Å². The van der Waals surface area contributed by atoms with Crippen molar-refractivity contribution < 1.29 is 14.3 Å². The second kappa shape index (κ2) is 7.69. The van der Waals surface area contributed by atoms with Crippen molar-refractivity contribution in [1.82, 2.24) is 0 Å². The van der Waals surface area contributed by atoms with Gasteiger partial charge in [0.15, 0.2) is 0 Å². The molecule has 3 heteroatoms. The normalized spacial score (nSPS) is 12.9. The number of ether oxygens (including phenoxy) is 2. The maximum absolute atomic E-state index is 10.1. The van der Waals surface area contributed by atoms with Crippen molar-refractivity contribution in [1.29, 1.82) is 0 Å². The topological polar surface area (TPSA) is 35.5 Å². The van der Waals surface area contributed by atoms with Crippen LogP contribution in [0.4, 0.5) is 0 Å². The van der Waals surface area contributed by atoms with Gasteiger partial charge in [0.2, 0.25) is 0 Å². The van der Waals surface area contributed by atoms with Gasteiger partial charge in [0.05, 0.1) is 0 Å². The number of carbonyl (C=O) groups is 1. The van der Waals surface area contributed by atoms with Gasteiger partial charge in [-0.25, -0.2) is 0 Å². The fourth-order valence-corrected chi connectivity index (χ4v) is 0.614. The Morgan fingerprint density at radius 2 is 2.18 bits per heavy atom. The van der Waals surface area contributed by atoms with E-state index in [1.165, 1.54) is 0 Å². The Hall–Kier alpha value is -0.410. The largest absolute Gasteiger partial charge is 0.382 e. The summed E-state index contributed by atoms with van der Waals surface area (Å²) < 4.78 is 10.2. The Morgan fingerprint density at radius 3 is 2.73 bits per heavy atom. The molecule has 66 valence electrons. The molecule has 0 fully saturated rings. The van der Waals surface area contributed by atoms with E-state index in [-0.39, 0.29) is 6.10 Å². The van der Waals surface area contributed by atoms with E-state index >= 15 is 0 Å². The highest BCUT2D eigenvalue weighted by Gasteiger charge is 1.96. The lowest BCUT2D eigenvalue weighted by Crippen LogP contribution is -2.11.